The molecule has 1 amide bonds. The van der Waals surface area contributed by atoms with E-state index in [2.05, 4.69) is 19.2 Å². The van der Waals surface area contributed by atoms with Crippen LogP contribution in [-0.4, -0.2) is 70.9 Å². The minimum Gasteiger partial charge on any atom is -0.493 e. The van der Waals surface area contributed by atoms with Crippen LogP contribution in [-0.2, 0) is 20.7 Å². The Morgan fingerprint density at radius 3 is 2.39 bits per heavy atom. The van der Waals surface area contributed by atoms with Gasteiger partial charge in [0.2, 0.25) is 5.91 Å². The Labute approximate surface area is 199 Å². The van der Waals surface area contributed by atoms with E-state index in [9.17, 15) is 9.90 Å². The van der Waals surface area contributed by atoms with E-state index < -0.39 is 12.1 Å². The van der Waals surface area contributed by atoms with Gasteiger partial charge in [-0.25, -0.2) is 0 Å². The van der Waals surface area contributed by atoms with Gasteiger partial charge in [0, 0.05) is 52.9 Å². The van der Waals surface area contributed by atoms with Crippen molar-refractivity contribution in [3.05, 3.63) is 23.8 Å². The molecule has 0 bridgehead atoms. The second-order valence-electron chi connectivity index (χ2n) is 8.76. The topological polar surface area (TPSA) is 112 Å². The van der Waals surface area contributed by atoms with Gasteiger partial charge in [-0.05, 0) is 48.8 Å². The first-order chi connectivity index (χ1) is 15.8. The summed E-state index contributed by atoms with van der Waals surface area (Å²) in [5, 5.41) is 13.2. The zero-order valence-corrected chi connectivity index (χ0v) is 21.0. The molecule has 1 aromatic carbocycles. The van der Waals surface area contributed by atoms with Crippen molar-refractivity contribution < 1.29 is 28.8 Å². The number of nitrogens with two attached hydrogens (primary N) is 1. The molecule has 0 spiro atoms. The number of aliphatic hydroxyl groups excluding tert-OH is 1. The Morgan fingerprint density at radius 1 is 1.06 bits per heavy atom. The lowest BCUT2D eigenvalue weighted by atomic mass is 9.83. The smallest absolute Gasteiger partial charge is 0.220 e. The van der Waals surface area contributed by atoms with Crippen molar-refractivity contribution in [1.82, 2.24) is 5.32 Å². The first kappa shape index (κ1) is 29.2. The van der Waals surface area contributed by atoms with Crippen molar-refractivity contribution in [1.29, 1.82) is 0 Å². The van der Waals surface area contributed by atoms with Crippen LogP contribution in [0.2, 0.25) is 0 Å². The Balaban J connectivity index is 2.66. The molecule has 3 atom stereocenters. The fourth-order valence-corrected chi connectivity index (χ4v) is 3.58. The Bertz CT molecular complexity index is 670. The average Bonchev–Trinajstić information content (AvgIpc) is 2.80. The molecule has 1 rings (SSSR count). The quantitative estimate of drug-likeness (QED) is 0.284. The minimum absolute atomic E-state index is 0.102. The number of aliphatic hydroxyl groups is 1. The first-order valence-electron chi connectivity index (χ1n) is 11.8. The van der Waals surface area contributed by atoms with Crippen molar-refractivity contribution >= 4 is 5.91 Å². The molecule has 0 aliphatic rings. The Hall–Kier alpha value is -1.87. The molecule has 8 nitrogen and oxygen atoms in total. The lowest BCUT2D eigenvalue weighted by Crippen LogP contribution is -2.44. The van der Waals surface area contributed by atoms with E-state index in [1.807, 2.05) is 18.2 Å². The molecule has 0 aromatic heterocycles. The van der Waals surface area contributed by atoms with E-state index in [-0.39, 0.29) is 18.4 Å². The van der Waals surface area contributed by atoms with Crippen molar-refractivity contribution in [2.24, 2.45) is 17.6 Å². The van der Waals surface area contributed by atoms with Gasteiger partial charge in [0.05, 0.1) is 19.8 Å². The lowest BCUT2D eigenvalue weighted by Gasteiger charge is -2.27. The van der Waals surface area contributed by atoms with Gasteiger partial charge in [-0.15, -0.1) is 0 Å². The number of hydrogen-bond acceptors (Lipinski definition) is 7. The van der Waals surface area contributed by atoms with Gasteiger partial charge in [-0.3, -0.25) is 4.79 Å². The maximum absolute atomic E-state index is 11.9. The number of nitrogens with one attached hydrogen (secondary N) is 1. The van der Waals surface area contributed by atoms with E-state index >= 15 is 0 Å². The predicted octanol–water partition coefficient (Wildman–Crippen LogP) is 2.55. The monoisotopic (exact) mass is 468 g/mol. The summed E-state index contributed by atoms with van der Waals surface area (Å²) in [7, 11) is 4.91. The van der Waals surface area contributed by atoms with Gasteiger partial charge in [0.15, 0.2) is 11.5 Å². The van der Waals surface area contributed by atoms with Crippen molar-refractivity contribution in [3.8, 4) is 11.5 Å². The highest BCUT2D eigenvalue weighted by Gasteiger charge is 2.23. The van der Waals surface area contributed by atoms with Crippen LogP contribution in [0.25, 0.3) is 0 Å². The molecular weight excluding hydrogens is 424 g/mol. The number of amides is 1. The van der Waals surface area contributed by atoms with Gasteiger partial charge in [0.25, 0.3) is 0 Å². The summed E-state index contributed by atoms with van der Waals surface area (Å²) in [4.78, 5) is 11.9. The average molecular weight is 469 g/mol. The van der Waals surface area contributed by atoms with Crippen LogP contribution in [0.4, 0.5) is 0 Å². The fourth-order valence-electron chi connectivity index (χ4n) is 3.58. The maximum atomic E-state index is 11.9. The Morgan fingerprint density at radius 2 is 1.76 bits per heavy atom. The highest BCUT2D eigenvalue weighted by molar-refractivity contribution is 5.75. The van der Waals surface area contributed by atoms with Gasteiger partial charge < -0.3 is 35.1 Å². The largest absolute Gasteiger partial charge is 0.493 e. The standard InChI is InChI=1S/C25H44N2O6/c1-18(2)20(16-21(26)22(28)17-27-25(29)8-6-11-30-3)14-19-9-10-23(32-5)24(15-19)33-13-7-12-31-4/h9-10,15,18,20-22,28H,6-8,11-14,16-17,26H2,1-5H3,(H,27,29). The molecule has 0 radical (unpaired) electrons. The third kappa shape index (κ3) is 11.7. The van der Waals surface area contributed by atoms with E-state index in [1.165, 1.54) is 0 Å². The number of rotatable bonds is 18. The van der Waals surface area contributed by atoms with E-state index in [4.69, 9.17) is 24.7 Å². The summed E-state index contributed by atoms with van der Waals surface area (Å²) in [6.45, 7) is 6.21. The van der Waals surface area contributed by atoms with E-state index in [0.29, 0.717) is 56.5 Å². The predicted molar refractivity (Wildman–Crippen MR) is 130 cm³/mol. The molecule has 190 valence electrons. The first-order valence-corrected chi connectivity index (χ1v) is 11.8. The minimum atomic E-state index is -0.798. The third-order valence-corrected chi connectivity index (χ3v) is 5.75. The van der Waals surface area contributed by atoms with Crippen molar-refractivity contribution in [2.45, 2.75) is 58.1 Å². The van der Waals surface area contributed by atoms with Crippen LogP contribution in [0.1, 0.15) is 45.1 Å². The van der Waals surface area contributed by atoms with Gasteiger partial charge in [-0.2, -0.15) is 0 Å². The molecule has 0 saturated heterocycles. The Kier molecular flexibility index (Phi) is 14.8. The second-order valence-corrected chi connectivity index (χ2v) is 8.76. The molecule has 8 heteroatoms. The fraction of sp³-hybridized carbons (Fsp3) is 0.720. The summed E-state index contributed by atoms with van der Waals surface area (Å²) in [6.07, 6.45) is 2.48. The highest BCUT2D eigenvalue weighted by Crippen LogP contribution is 2.31. The molecule has 33 heavy (non-hydrogen) atoms. The molecule has 1 aromatic rings. The van der Waals surface area contributed by atoms with Crippen LogP contribution in [0.5, 0.6) is 11.5 Å². The number of methoxy groups -OCH3 is 3. The zero-order valence-electron chi connectivity index (χ0n) is 21.0. The highest BCUT2D eigenvalue weighted by atomic mass is 16.5. The summed E-state index contributed by atoms with van der Waals surface area (Å²) in [5.74, 6) is 1.96. The van der Waals surface area contributed by atoms with Crippen molar-refractivity contribution in [2.75, 3.05) is 47.7 Å². The van der Waals surface area contributed by atoms with Gasteiger partial charge >= 0.3 is 0 Å². The van der Waals surface area contributed by atoms with Crippen LogP contribution in [0.15, 0.2) is 18.2 Å². The van der Waals surface area contributed by atoms with Crippen molar-refractivity contribution in [3.63, 3.8) is 0 Å². The summed E-state index contributed by atoms with van der Waals surface area (Å²) in [5.41, 5.74) is 7.44. The number of ether oxygens (including phenoxy) is 4. The van der Waals surface area contributed by atoms with Crippen LogP contribution in [0.3, 0.4) is 0 Å². The summed E-state index contributed by atoms with van der Waals surface area (Å²) >= 11 is 0. The lowest BCUT2D eigenvalue weighted by molar-refractivity contribution is -0.121. The number of carbonyl (C=O) groups is 1. The molecular formula is C25H44N2O6. The van der Waals surface area contributed by atoms with Crippen LogP contribution in [0, 0.1) is 11.8 Å². The third-order valence-electron chi connectivity index (χ3n) is 5.75. The normalized spacial score (nSPS) is 14.1. The van der Waals surface area contributed by atoms with Crippen LogP contribution >= 0.6 is 0 Å². The van der Waals surface area contributed by atoms with E-state index in [1.54, 1.807) is 21.3 Å². The summed E-state index contributed by atoms with van der Waals surface area (Å²) in [6, 6.07) is 5.55. The number of benzene rings is 1. The van der Waals surface area contributed by atoms with Gasteiger partial charge in [-0.1, -0.05) is 19.9 Å². The maximum Gasteiger partial charge on any atom is 0.220 e. The molecule has 0 aliphatic heterocycles. The molecule has 4 N–H and O–H groups in total. The van der Waals surface area contributed by atoms with Gasteiger partial charge in [0.1, 0.15) is 0 Å². The summed E-state index contributed by atoms with van der Waals surface area (Å²) < 4.78 is 21.4. The number of carbonyl (C=O) groups excluding carboxylic acids is 1. The molecule has 3 unspecified atom stereocenters. The molecule has 0 heterocycles. The molecule has 0 aliphatic carbocycles. The second kappa shape index (κ2) is 16.7. The SMILES string of the molecule is COCCCOc1cc(CC(CC(N)C(O)CNC(=O)CCCOC)C(C)C)ccc1OC. The zero-order chi connectivity index (χ0) is 24.6. The molecule has 0 saturated carbocycles. The molecule has 0 fully saturated rings. The number of hydrogen-bond donors (Lipinski definition) is 3. The van der Waals surface area contributed by atoms with Crippen LogP contribution < -0.4 is 20.5 Å². The van der Waals surface area contributed by atoms with E-state index in [0.717, 1.165) is 18.4 Å².